The second-order valence-electron chi connectivity index (χ2n) is 2.75. The lowest BCUT2D eigenvalue weighted by molar-refractivity contribution is -0.361. The van der Waals surface area contributed by atoms with Crippen molar-refractivity contribution in [3.05, 3.63) is 5.82 Å². The summed E-state index contributed by atoms with van der Waals surface area (Å²) in [5, 5.41) is 7.82. The van der Waals surface area contributed by atoms with E-state index < -0.39 is 23.8 Å². The Kier molecular flexibility index (Phi) is 2.60. The van der Waals surface area contributed by atoms with Crippen molar-refractivity contribution in [2.45, 2.75) is 18.0 Å². The Hall–Kier alpha value is -1.42. The summed E-state index contributed by atoms with van der Waals surface area (Å²) in [6.45, 7) is 0. The average Bonchev–Trinajstić information content (AvgIpc) is 2.49. The first kappa shape index (κ1) is 12.6. The normalized spacial score (nSPS) is 14.2. The molecule has 0 saturated carbocycles. The number of alkyl halides is 7. The molecular weight excluding hydrogens is 249 g/mol. The molecule has 0 atom stereocenters. The zero-order valence-electron chi connectivity index (χ0n) is 7.43. The van der Waals surface area contributed by atoms with Crippen LogP contribution in [0.4, 0.5) is 30.7 Å². The SMILES string of the molecule is Cn1nnc(C(F)(F)C(F)(F)C(F)(F)F)n1. The van der Waals surface area contributed by atoms with Crippen LogP contribution >= 0.6 is 0 Å². The van der Waals surface area contributed by atoms with Crippen LogP contribution in [0.5, 0.6) is 0 Å². The molecule has 0 bridgehead atoms. The van der Waals surface area contributed by atoms with Crippen LogP contribution < -0.4 is 0 Å². The number of aromatic nitrogens is 4. The first-order valence-electron chi connectivity index (χ1n) is 3.57. The molecule has 0 radical (unpaired) electrons. The number of nitrogens with zero attached hydrogens (tertiary/aromatic N) is 4. The lowest BCUT2D eigenvalue weighted by Crippen LogP contribution is -2.50. The van der Waals surface area contributed by atoms with Gasteiger partial charge in [-0.15, -0.1) is 10.2 Å². The largest absolute Gasteiger partial charge is 0.460 e. The zero-order chi connectivity index (χ0) is 12.8. The van der Waals surface area contributed by atoms with E-state index in [1.807, 2.05) is 0 Å². The summed E-state index contributed by atoms with van der Waals surface area (Å²) in [5.41, 5.74) is 0. The summed E-state index contributed by atoms with van der Waals surface area (Å²) in [5.74, 6) is -13.8. The molecule has 0 N–H and O–H groups in total. The quantitative estimate of drug-likeness (QED) is 0.749. The topological polar surface area (TPSA) is 43.6 Å². The van der Waals surface area contributed by atoms with Gasteiger partial charge in [-0.1, -0.05) is 0 Å². The van der Waals surface area contributed by atoms with E-state index in [1.165, 1.54) is 0 Å². The van der Waals surface area contributed by atoms with Crippen LogP contribution in [-0.2, 0) is 13.0 Å². The van der Waals surface area contributed by atoms with Gasteiger partial charge >= 0.3 is 18.0 Å². The predicted octanol–water partition coefficient (Wildman–Crippen LogP) is 1.50. The number of aryl methyl sites for hydroxylation is 1. The van der Waals surface area contributed by atoms with E-state index in [9.17, 15) is 30.7 Å². The van der Waals surface area contributed by atoms with Crippen molar-refractivity contribution in [2.24, 2.45) is 7.05 Å². The van der Waals surface area contributed by atoms with E-state index in [4.69, 9.17) is 0 Å². The molecule has 0 saturated heterocycles. The molecule has 0 spiro atoms. The Bertz CT molecular complexity index is 380. The highest BCUT2D eigenvalue weighted by atomic mass is 19.4. The molecule has 1 aromatic rings. The first-order chi connectivity index (χ1) is 7.00. The number of hydrogen-bond acceptors (Lipinski definition) is 3. The molecule has 92 valence electrons. The summed E-state index contributed by atoms with van der Waals surface area (Å²) in [6, 6.07) is 0. The van der Waals surface area contributed by atoms with E-state index >= 15 is 0 Å². The van der Waals surface area contributed by atoms with Crippen LogP contribution in [0.15, 0.2) is 0 Å². The summed E-state index contributed by atoms with van der Waals surface area (Å²) < 4.78 is 85.5. The van der Waals surface area contributed by atoms with Crippen molar-refractivity contribution in [1.29, 1.82) is 0 Å². The minimum absolute atomic E-state index is 0.343. The third kappa shape index (κ3) is 1.69. The van der Waals surface area contributed by atoms with Gasteiger partial charge in [0.05, 0.1) is 7.05 Å². The molecule has 11 heteroatoms. The van der Waals surface area contributed by atoms with Crippen LogP contribution in [0.3, 0.4) is 0 Å². The maximum atomic E-state index is 12.8. The molecule has 1 rings (SSSR count). The molecule has 4 nitrogen and oxygen atoms in total. The Morgan fingerprint density at radius 1 is 1.00 bits per heavy atom. The van der Waals surface area contributed by atoms with Gasteiger partial charge in [-0.3, -0.25) is 0 Å². The number of hydrogen-bond donors (Lipinski definition) is 0. The van der Waals surface area contributed by atoms with Gasteiger partial charge in [-0.05, 0) is 5.21 Å². The monoisotopic (exact) mass is 252 g/mol. The molecule has 0 aliphatic heterocycles. The van der Waals surface area contributed by atoms with E-state index in [0.717, 1.165) is 7.05 Å². The summed E-state index contributed by atoms with van der Waals surface area (Å²) >= 11 is 0. The smallest absolute Gasteiger partial charge is 0.190 e. The van der Waals surface area contributed by atoms with Gasteiger partial charge in [0.1, 0.15) is 0 Å². The van der Waals surface area contributed by atoms with Crippen LogP contribution in [0.2, 0.25) is 0 Å². The summed E-state index contributed by atoms with van der Waals surface area (Å²) in [4.78, 5) is 0.343. The van der Waals surface area contributed by atoms with Crippen LogP contribution in [0, 0.1) is 0 Å². The molecular formula is C5H3F7N4. The van der Waals surface area contributed by atoms with Crippen molar-refractivity contribution >= 4 is 0 Å². The lowest BCUT2D eigenvalue weighted by atomic mass is 10.1. The number of halogens is 7. The summed E-state index contributed by atoms with van der Waals surface area (Å²) in [7, 11) is 0.943. The van der Waals surface area contributed by atoms with Crippen LogP contribution in [-0.4, -0.2) is 32.3 Å². The predicted molar refractivity (Wildman–Crippen MR) is 33.7 cm³/mol. The lowest BCUT2D eigenvalue weighted by Gasteiger charge is -2.25. The Balaban J connectivity index is 3.21. The van der Waals surface area contributed by atoms with Gasteiger partial charge in [-0.25, -0.2) is 0 Å². The molecule has 0 unspecified atom stereocenters. The van der Waals surface area contributed by atoms with Crippen molar-refractivity contribution < 1.29 is 30.7 Å². The van der Waals surface area contributed by atoms with Crippen molar-refractivity contribution in [3.8, 4) is 0 Å². The highest BCUT2D eigenvalue weighted by Gasteiger charge is 2.75. The Morgan fingerprint density at radius 3 is 1.81 bits per heavy atom. The molecule has 0 aliphatic carbocycles. The third-order valence-corrected chi connectivity index (χ3v) is 1.54. The Morgan fingerprint density at radius 2 is 1.50 bits per heavy atom. The fraction of sp³-hybridized carbons (Fsp3) is 0.800. The minimum Gasteiger partial charge on any atom is -0.190 e. The second-order valence-corrected chi connectivity index (χ2v) is 2.75. The molecule has 1 heterocycles. The fourth-order valence-electron chi connectivity index (χ4n) is 0.728. The van der Waals surface area contributed by atoms with Crippen LogP contribution in [0.1, 0.15) is 5.82 Å². The van der Waals surface area contributed by atoms with Crippen molar-refractivity contribution in [2.75, 3.05) is 0 Å². The van der Waals surface area contributed by atoms with E-state index in [2.05, 4.69) is 15.4 Å². The van der Waals surface area contributed by atoms with Gasteiger partial charge in [-0.2, -0.15) is 35.5 Å². The maximum absolute atomic E-state index is 12.8. The van der Waals surface area contributed by atoms with E-state index in [0.29, 0.717) is 4.80 Å². The third-order valence-electron chi connectivity index (χ3n) is 1.54. The van der Waals surface area contributed by atoms with Crippen molar-refractivity contribution in [1.82, 2.24) is 20.2 Å². The summed E-state index contributed by atoms with van der Waals surface area (Å²) in [6.07, 6.45) is -6.41. The highest BCUT2D eigenvalue weighted by molar-refractivity contribution is 5.02. The van der Waals surface area contributed by atoms with Crippen LogP contribution in [0.25, 0.3) is 0 Å². The van der Waals surface area contributed by atoms with E-state index in [1.54, 1.807) is 0 Å². The average molecular weight is 252 g/mol. The molecule has 0 aromatic carbocycles. The van der Waals surface area contributed by atoms with E-state index in [-0.39, 0.29) is 0 Å². The molecule has 0 fully saturated rings. The second kappa shape index (κ2) is 3.28. The molecule has 16 heavy (non-hydrogen) atoms. The minimum atomic E-state index is -6.41. The first-order valence-corrected chi connectivity index (χ1v) is 3.57. The maximum Gasteiger partial charge on any atom is 0.460 e. The highest BCUT2D eigenvalue weighted by Crippen LogP contribution is 2.50. The van der Waals surface area contributed by atoms with Gasteiger partial charge in [0.2, 0.25) is 0 Å². The van der Waals surface area contributed by atoms with Gasteiger partial charge in [0, 0.05) is 0 Å². The van der Waals surface area contributed by atoms with Crippen molar-refractivity contribution in [3.63, 3.8) is 0 Å². The Labute approximate surface area is 83.0 Å². The molecule has 0 amide bonds. The van der Waals surface area contributed by atoms with Gasteiger partial charge in [0.15, 0.2) is 0 Å². The fourth-order valence-corrected chi connectivity index (χ4v) is 0.728. The number of tetrazole rings is 1. The number of rotatable bonds is 2. The molecule has 1 aromatic heterocycles. The molecule has 0 aliphatic rings. The van der Waals surface area contributed by atoms with Gasteiger partial charge in [0.25, 0.3) is 5.82 Å². The zero-order valence-corrected chi connectivity index (χ0v) is 7.43. The van der Waals surface area contributed by atoms with Gasteiger partial charge < -0.3 is 0 Å². The standard InChI is InChI=1S/C5H3F7N4/c1-16-14-2(13-15-16)3(6,7)4(8,9)5(10,11)12/h1H3.